The Morgan fingerprint density at radius 2 is 1.90 bits per heavy atom. The van der Waals surface area contributed by atoms with Crippen LogP contribution in [-0.2, 0) is 0 Å². The van der Waals surface area contributed by atoms with Gasteiger partial charge in [0.2, 0.25) is 0 Å². The second-order valence-electron chi connectivity index (χ2n) is 4.58. The standard InChI is InChI=1S/C16H21N3O/c1-4-10-17-16-12-14(9-11-18-16)19(2)13-5-7-15(20-3)8-6-13/h5-9,11-12H,4,10H2,1-3H3,(H,17,18). The molecule has 0 aliphatic carbocycles. The third-order valence-electron chi connectivity index (χ3n) is 3.15. The Kier molecular flexibility index (Phi) is 4.82. The van der Waals surface area contributed by atoms with Crippen LogP contribution in [0.3, 0.4) is 0 Å². The van der Waals surface area contributed by atoms with Crippen LogP contribution in [0.2, 0.25) is 0 Å². The summed E-state index contributed by atoms with van der Waals surface area (Å²) in [5, 5.41) is 3.30. The van der Waals surface area contributed by atoms with Crippen molar-refractivity contribution in [3.8, 4) is 5.75 Å². The fraction of sp³-hybridized carbons (Fsp3) is 0.312. The Morgan fingerprint density at radius 1 is 1.15 bits per heavy atom. The van der Waals surface area contributed by atoms with Gasteiger partial charge in [0.1, 0.15) is 11.6 Å². The number of pyridine rings is 1. The number of rotatable bonds is 6. The van der Waals surface area contributed by atoms with Crippen LogP contribution in [-0.4, -0.2) is 25.7 Å². The van der Waals surface area contributed by atoms with E-state index in [4.69, 9.17) is 4.74 Å². The predicted molar refractivity (Wildman–Crippen MR) is 84.1 cm³/mol. The summed E-state index contributed by atoms with van der Waals surface area (Å²) in [5.74, 6) is 1.77. The average molecular weight is 271 g/mol. The molecule has 1 aromatic carbocycles. The van der Waals surface area contributed by atoms with Crippen molar-refractivity contribution < 1.29 is 4.74 Å². The first-order valence-electron chi connectivity index (χ1n) is 6.82. The lowest BCUT2D eigenvalue weighted by atomic mass is 10.2. The second kappa shape index (κ2) is 6.80. The van der Waals surface area contributed by atoms with Gasteiger partial charge in [0.05, 0.1) is 7.11 Å². The number of hydrogen-bond donors (Lipinski definition) is 1. The molecule has 2 aromatic rings. The molecule has 0 unspecified atom stereocenters. The average Bonchev–Trinajstić information content (AvgIpc) is 2.52. The highest BCUT2D eigenvalue weighted by Crippen LogP contribution is 2.26. The van der Waals surface area contributed by atoms with Crippen LogP contribution in [0, 0.1) is 0 Å². The number of hydrogen-bond acceptors (Lipinski definition) is 4. The molecule has 4 nitrogen and oxygen atoms in total. The molecule has 1 N–H and O–H groups in total. The van der Waals surface area contributed by atoms with Gasteiger partial charge in [-0.05, 0) is 36.8 Å². The third-order valence-corrected chi connectivity index (χ3v) is 3.15. The fourth-order valence-electron chi connectivity index (χ4n) is 1.93. The number of nitrogens with zero attached hydrogens (tertiary/aromatic N) is 2. The predicted octanol–water partition coefficient (Wildman–Crippen LogP) is 3.68. The molecule has 0 spiro atoms. The van der Waals surface area contributed by atoms with Gasteiger partial charge in [0.15, 0.2) is 0 Å². The van der Waals surface area contributed by atoms with E-state index in [0.717, 1.165) is 35.9 Å². The minimum absolute atomic E-state index is 0.863. The number of methoxy groups -OCH3 is 1. The summed E-state index contributed by atoms with van der Waals surface area (Å²) in [4.78, 5) is 6.45. The van der Waals surface area contributed by atoms with Crippen LogP contribution in [0.1, 0.15) is 13.3 Å². The summed E-state index contributed by atoms with van der Waals surface area (Å²) >= 11 is 0. The van der Waals surface area contributed by atoms with Crippen molar-refractivity contribution in [2.45, 2.75) is 13.3 Å². The quantitative estimate of drug-likeness (QED) is 0.869. The molecular formula is C16H21N3O. The first-order valence-corrected chi connectivity index (χ1v) is 6.82. The maximum Gasteiger partial charge on any atom is 0.127 e. The summed E-state index contributed by atoms with van der Waals surface area (Å²) in [7, 11) is 3.72. The first kappa shape index (κ1) is 14.2. The van der Waals surface area contributed by atoms with Gasteiger partial charge in [-0.2, -0.15) is 0 Å². The molecule has 0 saturated heterocycles. The second-order valence-corrected chi connectivity index (χ2v) is 4.58. The highest BCUT2D eigenvalue weighted by atomic mass is 16.5. The lowest BCUT2D eigenvalue weighted by molar-refractivity contribution is 0.415. The van der Waals surface area contributed by atoms with Gasteiger partial charge in [-0.1, -0.05) is 6.92 Å². The van der Waals surface area contributed by atoms with Crippen LogP contribution in [0.4, 0.5) is 17.2 Å². The molecule has 0 amide bonds. The molecule has 4 heteroatoms. The maximum absolute atomic E-state index is 5.18. The van der Waals surface area contributed by atoms with Crippen molar-refractivity contribution in [3.05, 3.63) is 42.6 Å². The summed E-state index contributed by atoms with van der Waals surface area (Å²) in [6, 6.07) is 12.1. The molecular weight excluding hydrogens is 250 g/mol. The van der Waals surface area contributed by atoms with Gasteiger partial charge < -0.3 is 15.0 Å². The van der Waals surface area contributed by atoms with E-state index >= 15 is 0 Å². The van der Waals surface area contributed by atoms with Crippen molar-refractivity contribution >= 4 is 17.2 Å². The minimum atomic E-state index is 0.863. The maximum atomic E-state index is 5.18. The van der Waals surface area contributed by atoms with E-state index in [0.29, 0.717) is 0 Å². The highest BCUT2D eigenvalue weighted by molar-refractivity contribution is 5.65. The number of nitrogens with one attached hydrogen (secondary N) is 1. The summed E-state index contributed by atoms with van der Waals surface area (Å²) in [6.45, 7) is 3.07. The molecule has 0 saturated carbocycles. The minimum Gasteiger partial charge on any atom is -0.497 e. The van der Waals surface area contributed by atoms with Gasteiger partial charge >= 0.3 is 0 Å². The monoisotopic (exact) mass is 271 g/mol. The lowest BCUT2D eigenvalue weighted by Gasteiger charge is -2.20. The molecule has 0 aliphatic heterocycles. The van der Waals surface area contributed by atoms with Crippen LogP contribution >= 0.6 is 0 Å². The zero-order valence-electron chi connectivity index (χ0n) is 12.3. The Hall–Kier alpha value is -2.23. The number of aromatic nitrogens is 1. The normalized spacial score (nSPS) is 10.2. The highest BCUT2D eigenvalue weighted by Gasteiger charge is 2.05. The van der Waals surface area contributed by atoms with Gasteiger partial charge in [-0.15, -0.1) is 0 Å². The molecule has 2 rings (SSSR count). The fourth-order valence-corrected chi connectivity index (χ4v) is 1.93. The van der Waals surface area contributed by atoms with Crippen molar-refractivity contribution in [1.29, 1.82) is 0 Å². The van der Waals surface area contributed by atoms with Crippen molar-refractivity contribution in [2.24, 2.45) is 0 Å². The molecule has 0 aliphatic rings. The van der Waals surface area contributed by atoms with E-state index in [1.54, 1.807) is 7.11 Å². The Morgan fingerprint density at radius 3 is 2.55 bits per heavy atom. The van der Waals surface area contributed by atoms with E-state index < -0.39 is 0 Å². The van der Waals surface area contributed by atoms with Gasteiger partial charge in [-0.3, -0.25) is 0 Å². The zero-order chi connectivity index (χ0) is 14.4. The summed E-state index contributed by atoms with van der Waals surface area (Å²) < 4.78 is 5.18. The van der Waals surface area contributed by atoms with Gasteiger partial charge in [0.25, 0.3) is 0 Å². The first-order chi connectivity index (χ1) is 9.74. The number of ether oxygens (including phenoxy) is 1. The lowest BCUT2D eigenvalue weighted by Crippen LogP contribution is -2.10. The van der Waals surface area contributed by atoms with E-state index in [9.17, 15) is 0 Å². The number of benzene rings is 1. The molecule has 1 heterocycles. The van der Waals surface area contributed by atoms with E-state index in [1.807, 2.05) is 43.6 Å². The van der Waals surface area contributed by atoms with Crippen molar-refractivity contribution in [3.63, 3.8) is 0 Å². The van der Waals surface area contributed by atoms with Crippen LogP contribution in [0.25, 0.3) is 0 Å². The summed E-state index contributed by atoms with van der Waals surface area (Å²) in [6.07, 6.45) is 2.91. The topological polar surface area (TPSA) is 37.4 Å². The van der Waals surface area contributed by atoms with Gasteiger partial charge in [-0.25, -0.2) is 4.98 Å². The van der Waals surface area contributed by atoms with Gasteiger partial charge in [0, 0.05) is 37.2 Å². The number of anilines is 3. The smallest absolute Gasteiger partial charge is 0.127 e. The Bertz CT molecular complexity index is 540. The molecule has 0 atom stereocenters. The largest absolute Gasteiger partial charge is 0.497 e. The zero-order valence-corrected chi connectivity index (χ0v) is 12.3. The molecule has 20 heavy (non-hydrogen) atoms. The van der Waals surface area contributed by atoms with Crippen molar-refractivity contribution in [2.75, 3.05) is 30.9 Å². The summed E-state index contributed by atoms with van der Waals surface area (Å²) in [5.41, 5.74) is 2.21. The molecule has 0 fully saturated rings. The van der Waals surface area contributed by atoms with Crippen molar-refractivity contribution in [1.82, 2.24) is 4.98 Å². The van der Waals surface area contributed by atoms with E-state index in [1.165, 1.54) is 0 Å². The van der Waals surface area contributed by atoms with Crippen LogP contribution in [0.15, 0.2) is 42.6 Å². The molecule has 106 valence electrons. The molecule has 1 aromatic heterocycles. The SMILES string of the molecule is CCCNc1cc(N(C)c2ccc(OC)cc2)ccn1. The Balaban J connectivity index is 2.16. The Labute approximate surface area is 120 Å². The van der Waals surface area contributed by atoms with Crippen LogP contribution in [0.5, 0.6) is 5.75 Å². The van der Waals surface area contributed by atoms with E-state index in [2.05, 4.69) is 28.2 Å². The molecule has 0 radical (unpaired) electrons. The molecule has 0 bridgehead atoms. The van der Waals surface area contributed by atoms with E-state index in [-0.39, 0.29) is 0 Å². The third kappa shape index (κ3) is 3.41. The van der Waals surface area contributed by atoms with Crippen LogP contribution < -0.4 is 15.0 Å².